The van der Waals surface area contributed by atoms with Crippen molar-refractivity contribution in [3.05, 3.63) is 71.4 Å². The molecule has 1 saturated carbocycles. The third-order valence-corrected chi connectivity index (χ3v) is 6.13. The second-order valence-corrected chi connectivity index (χ2v) is 8.40. The van der Waals surface area contributed by atoms with E-state index in [9.17, 15) is 18.0 Å². The number of benzene rings is 2. The Hall–Kier alpha value is -3.13. The number of halogens is 3. The molecule has 1 aliphatic rings. The van der Waals surface area contributed by atoms with Crippen molar-refractivity contribution >= 4 is 22.5 Å². The molecule has 1 aliphatic carbocycles. The summed E-state index contributed by atoms with van der Waals surface area (Å²) in [5.41, 5.74) is 1.11. The summed E-state index contributed by atoms with van der Waals surface area (Å²) in [4.78, 5) is 16.4. The molecule has 3 atom stereocenters. The van der Waals surface area contributed by atoms with Gasteiger partial charge in [0.1, 0.15) is 5.69 Å². The van der Waals surface area contributed by atoms with E-state index in [-0.39, 0.29) is 29.6 Å². The Kier molecular flexibility index (Phi) is 6.56. The number of pyridine rings is 1. The van der Waals surface area contributed by atoms with E-state index in [0.717, 1.165) is 18.1 Å². The maximum Gasteiger partial charge on any atom is 0.433 e. The number of hydrogen-bond donors (Lipinski definition) is 2. The molecule has 1 aromatic heterocycles. The minimum absolute atomic E-state index is 0.127. The summed E-state index contributed by atoms with van der Waals surface area (Å²) in [5, 5.41) is 7.01. The first kappa shape index (κ1) is 23.0. The minimum Gasteiger partial charge on any atom is -0.379 e. The summed E-state index contributed by atoms with van der Waals surface area (Å²) in [6, 6.07) is 14.7. The molecule has 2 N–H and O–H groups in total. The summed E-state index contributed by atoms with van der Waals surface area (Å²) < 4.78 is 46.2. The van der Waals surface area contributed by atoms with Gasteiger partial charge in [-0.25, -0.2) is 4.98 Å². The van der Waals surface area contributed by atoms with Crippen molar-refractivity contribution in [2.45, 2.75) is 50.6 Å². The Bertz CT molecular complexity index is 1130. The maximum absolute atomic E-state index is 13.5. The Morgan fingerprint density at radius 3 is 2.55 bits per heavy atom. The standard InChI is InChI=1S/C25H26F3N3O2/c1-15-7-6-10-18-23(15)20(14-22(31-18)25(26,27)28)30-19-13-17(11-12-21(19)33-2)29-24(32)16-8-4-3-5-9-16/h3-10,14,17,19,21H,11-13H2,1-2H3,(H,29,32)(H,30,31)/t17-,19+,21?/m1/s1. The molecule has 174 valence electrons. The minimum atomic E-state index is -4.56. The number of hydrogen-bond acceptors (Lipinski definition) is 4. The first-order valence-electron chi connectivity index (χ1n) is 10.9. The van der Waals surface area contributed by atoms with Crippen molar-refractivity contribution < 1.29 is 22.7 Å². The molecule has 1 heterocycles. The molecule has 8 heteroatoms. The average Bonchev–Trinajstić information content (AvgIpc) is 2.79. The number of methoxy groups -OCH3 is 1. The van der Waals surface area contributed by atoms with Crippen molar-refractivity contribution in [1.82, 2.24) is 10.3 Å². The first-order chi connectivity index (χ1) is 15.8. The molecule has 2 aromatic carbocycles. The lowest BCUT2D eigenvalue weighted by atomic mass is 9.87. The van der Waals surface area contributed by atoms with Crippen molar-refractivity contribution in [3.8, 4) is 0 Å². The number of rotatable bonds is 5. The van der Waals surface area contributed by atoms with Gasteiger partial charge in [-0.05, 0) is 56.0 Å². The van der Waals surface area contributed by atoms with Crippen LogP contribution in [0.2, 0.25) is 0 Å². The van der Waals surface area contributed by atoms with Crippen molar-refractivity contribution in [2.75, 3.05) is 12.4 Å². The number of fused-ring (bicyclic) bond motifs is 1. The molecule has 1 unspecified atom stereocenters. The summed E-state index contributed by atoms with van der Waals surface area (Å²) >= 11 is 0. The number of carbonyl (C=O) groups excluding carboxylic acids is 1. The van der Waals surface area contributed by atoms with Crippen LogP contribution in [0.4, 0.5) is 18.9 Å². The lowest BCUT2D eigenvalue weighted by Crippen LogP contribution is -2.48. The van der Waals surface area contributed by atoms with Crippen LogP contribution in [-0.2, 0) is 10.9 Å². The van der Waals surface area contributed by atoms with E-state index in [0.29, 0.717) is 29.5 Å². The molecule has 0 spiro atoms. The van der Waals surface area contributed by atoms with E-state index in [4.69, 9.17) is 4.74 Å². The highest BCUT2D eigenvalue weighted by atomic mass is 19.4. The second kappa shape index (κ2) is 9.39. The zero-order valence-corrected chi connectivity index (χ0v) is 18.4. The molecule has 0 aliphatic heterocycles. The molecule has 4 rings (SSSR count). The second-order valence-electron chi connectivity index (χ2n) is 8.40. The monoisotopic (exact) mass is 457 g/mol. The number of ether oxygens (including phenoxy) is 1. The Balaban J connectivity index is 1.61. The first-order valence-corrected chi connectivity index (χ1v) is 10.9. The molecule has 0 bridgehead atoms. The third kappa shape index (κ3) is 5.11. The molecular formula is C25H26F3N3O2. The van der Waals surface area contributed by atoms with Gasteiger partial charge in [0.05, 0.1) is 17.7 Å². The molecular weight excluding hydrogens is 431 g/mol. The quantitative estimate of drug-likeness (QED) is 0.543. The lowest BCUT2D eigenvalue weighted by Gasteiger charge is -2.37. The average molecular weight is 457 g/mol. The largest absolute Gasteiger partial charge is 0.433 e. The van der Waals surface area contributed by atoms with Gasteiger partial charge < -0.3 is 15.4 Å². The number of aromatic nitrogens is 1. The molecule has 1 fully saturated rings. The highest BCUT2D eigenvalue weighted by molar-refractivity contribution is 5.95. The van der Waals surface area contributed by atoms with Crippen molar-refractivity contribution in [1.29, 1.82) is 0 Å². The van der Waals surface area contributed by atoms with E-state index < -0.39 is 11.9 Å². The van der Waals surface area contributed by atoms with Crippen LogP contribution in [0, 0.1) is 6.92 Å². The Morgan fingerprint density at radius 2 is 1.85 bits per heavy atom. The predicted molar refractivity (Wildman–Crippen MR) is 121 cm³/mol. The summed E-state index contributed by atoms with van der Waals surface area (Å²) in [5.74, 6) is -0.167. The van der Waals surface area contributed by atoms with Crippen LogP contribution in [0.25, 0.3) is 10.9 Å². The van der Waals surface area contributed by atoms with Crippen LogP contribution in [0.1, 0.15) is 40.9 Å². The van der Waals surface area contributed by atoms with Crippen LogP contribution >= 0.6 is 0 Å². The number of carbonyl (C=O) groups is 1. The van der Waals surface area contributed by atoms with E-state index >= 15 is 0 Å². The molecule has 5 nitrogen and oxygen atoms in total. The van der Waals surface area contributed by atoms with Crippen LogP contribution < -0.4 is 10.6 Å². The highest BCUT2D eigenvalue weighted by Gasteiger charge is 2.35. The summed E-state index contributed by atoms with van der Waals surface area (Å²) in [7, 11) is 1.60. The zero-order valence-electron chi connectivity index (χ0n) is 18.4. The molecule has 0 radical (unpaired) electrons. The molecule has 1 amide bonds. The van der Waals surface area contributed by atoms with Crippen LogP contribution in [0.3, 0.4) is 0 Å². The molecule has 0 saturated heterocycles. The number of aryl methyl sites for hydroxylation is 1. The van der Waals surface area contributed by atoms with E-state index in [1.54, 1.807) is 43.5 Å². The Labute approximate surface area is 190 Å². The highest BCUT2D eigenvalue weighted by Crippen LogP contribution is 2.36. The van der Waals surface area contributed by atoms with Crippen molar-refractivity contribution in [3.63, 3.8) is 0 Å². The number of amides is 1. The van der Waals surface area contributed by atoms with Crippen LogP contribution in [0.5, 0.6) is 0 Å². The summed E-state index contributed by atoms with van der Waals surface area (Å²) in [6.45, 7) is 1.85. The molecule has 33 heavy (non-hydrogen) atoms. The topological polar surface area (TPSA) is 63.2 Å². The number of nitrogens with zero attached hydrogens (tertiary/aromatic N) is 1. The van der Waals surface area contributed by atoms with Gasteiger partial charge in [-0.1, -0.05) is 30.3 Å². The van der Waals surface area contributed by atoms with E-state index in [1.165, 1.54) is 0 Å². The fourth-order valence-electron chi connectivity index (χ4n) is 4.49. The zero-order chi connectivity index (χ0) is 23.6. The smallest absolute Gasteiger partial charge is 0.379 e. The predicted octanol–water partition coefficient (Wildman–Crippen LogP) is 5.34. The van der Waals surface area contributed by atoms with Gasteiger partial charge in [-0.15, -0.1) is 0 Å². The van der Waals surface area contributed by atoms with Crippen LogP contribution in [0.15, 0.2) is 54.6 Å². The lowest BCUT2D eigenvalue weighted by molar-refractivity contribution is -0.140. The van der Waals surface area contributed by atoms with Gasteiger partial charge in [0, 0.05) is 29.8 Å². The van der Waals surface area contributed by atoms with Gasteiger partial charge in [0.25, 0.3) is 5.91 Å². The number of alkyl halides is 3. The Morgan fingerprint density at radius 1 is 1.09 bits per heavy atom. The SMILES string of the molecule is COC1CC[C@@H](NC(=O)c2ccccc2)C[C@@H]1Nc1cc(C(F)(F)F)nc2cccc(C)c12. The normalized spacial score (nSPS) is 21.1. The molecule has 3 aromatic rings. The van der Waals surface area contributed by atoms with E-state index in [2.05, 4.69) is 15.6 Å². The van der Waals surface area contributed by atoms with Gasteiger partial charge in [0.2, 0.25) is 0 Å². The summed E-state index contributed by atoms with van der Waals surface area (Å²) in [6.07, 6.45) is -2.85. The van der Waals surface area contributed by atoms with E-state index in [1.807, 2.05) is 19.1 Å². The van der Waals surface area contributed by atoms with Crippen molar-refractivity contribution in [2.24, 2.45) is 0 Å². The fraction of sp³-hybridized carbons (Fsp3) is 0.360. The van der Waals surface area contributed by atoms with Crippen LogP contribution in [-0.4, -0.2) is 36.2 Å². The number of nitrogens with one attached hydrogen (secondary N) is 2. The van der Waals surface area contributed by atoms with Gasteiger partial charge in [-0.3, -0.25) is 4.79 Å². The maximum atomic E-state index is 13.5. The van der Waals surface area contributed by atoms with Gasteiger partial charge >= 0.3 is 6.18 Å². The van der Waals surface area contributed by atoms with Gasteiger partial charge in [-0.2, -0.15) is 13.2 Å². The van der Waals surface area contributed by atoms with Gasteiger partial charge in [0.15, 0.2) is 0 Å². The number of anilines is 1. The third-order valence-electron chi connectivity index (χ3n) is 6.13. The fourth-order valence-corrected chi connectivity index (χ4v) is 4.49.